The molecule has 0 spiro atoms. The molecule has 0 saturated heterocycles. The minimum atomic E-state index is -4.56. The second-order valence-corrected chi connectivity index (χ2v) is 9.20. The molecule has 10 heteroatoms. The zero-order valence-electron chi connectivity index (χ0n) is 12.7. The van der Waals surface area contributed by atoms with Crippen LogP contribution in [0.4, 0.5) is 0 Å². The molecule has 2 N–H and O–H groups in total. The van der Waals surface area contributed by atoms with Crippen LogP contribution in [0.15, 0.2) is 45.9 Å². The predicted molar refractivity (Wildman–Crippen MR) is 85.5 cm³/mol. The van der Waals surface area contributed by atoms with Gasteiger partial charge in [0.2, 0.25) is 0 Å². The van der Waals surface area contributed by atoms with Gasteiger partial charge in [0.05, 0.1) is 16.7 Å². The summed E-state index contributed by atoms with van der Waals surface area (Å²) in [5, 5.41) is 10.2. The van der Waals surface area contributed by atoms with E-state index in [1.807, 2.05) is 0 Å². The third-order valence-electron chi connectivity index (χ3n) is 4.17. The van der Waals surface area contributed by atoms with Crippen LogP contribution < -0.4 is 0 Å². The minimum Gasteiger partial charge on any atom is -0.510 e. The lowest BCUT2D eigenvalue weighted by molar-refractivity contribution is 0.0757. The number of carbonyl (C=O) groups excluding carboxylic acids is 2. The zero-order valence-corrected chi connectivity index (χ0v) is 14.3. The molecule has 3 rings (SSSR count). The quantitative estimate of drug-likeness (QED) is 0.717. The molecule has 2 aliphatic carbocycles. The number of carbonyl (C=O) groups is 2. The Hall–Kier alpha value is -2.30. The van der Waals surface area contributed by atoms with Crippen LogP contribution in [-0.2, 0) is 20.0 Å². The Bertz CT molecular complexity index is 1090. The van der Waals surface area contributed by atoms with Gasteiger partial charge in [-0.3, -0.25) is 14.1 Å². The molecule has 0 amide bonds. The van der Waals surface area contributed by atoms with Crippen molar-refractivity contribution in [3.05, 3.63) is 52.1 Å². The van der Waals surface area contributed by atoms with E-state index in [9.17, 15) is 31.5 Å². The van der Waals surface area contributed by atoms with E-state index < -0.39 is 58.9 Å². The van der Waals surface area contributed by atoms with E-state index >= 15 is 0 Å². The fraction of sp³-hybridized carbons (Fsp3) is 0.200. The Morgan fingerprint density at radius 3 is 2.20 bits per heavy atom. The van der Waals surface area contributed by atoms with E-state index in [1.54, 1.807) is 0 Å². The second-order valence-electron chi connectivity index (χ2n) is 5.80. The van der Waals surface area contributed by atoms with Crippen LogP contribution in [0.25, 0.3) is 0 Å². The van der Waals surface area contributed by atoms with Gasteiger partial charge in [-0.1, -0.05) is 6.08 Å². The molecular weight excluding hydrogens is 372 g/mol. The molecule has 0 fully saturated rings. The monoisotopic (exact) mass is 384 g/mol. The molecule has 0 saturated carbocycles. The first kappa shape index (κ1) is 17.5. The van der Waals surface area contributed by atoms with Crippen LogP contribution in [0.1, 0.15) is 20.7 Å². The largest absolute Gasteiger partial charge is 0.510 e. The van der Waals surface area contributed by atoms with Gasteiger partial charge >= 0.3 is 0 Å². The van der Waals surface area contributed by atoms with Crippen molar-refractivity contribution in [2.24, 2.45) is 11.8 Å². The number of benzene rings is 1. The van der Waals surface area contributed by atoms with E-state index in [-0.39, 0.29) is 11.1 Å². The molecule has 0 aliphatic heterocycles. The molecule has 2 atom stereocenters. The maximum absolute atomic E-state index is 12.7. The smallest absolute Gasteiger partial charge is 0.294 e. The summed E-state index contributed by atoms with van der Waals surface area (Å²) in [5.41, 5.74) is -0.352. The summed E-state index contributed by atoms with van der Waals surface area (Å²) in [5.74, 6) is -4.60. The standard InChI is InChI=1S/C15H12O8S2/c1-24(19,20)11-5-4-9-12(15(11)18)14(17)8-3-2-7(25(21,22)23)6-10(8)13(9)16/h2-6,9,12,18H,1H3,(H,21,22,23). The molecule has 0 heterocycles. The average molecular weight is 384 g/mol. The molecule has 25 heavy (non-hydrogen) atoms. The van der Waals surface area contributed by atoms with Crippen LogP contribution in [0.2, 0.25) is 0 Å². The predicted octanol–water partition coefficient (Wildman–Crippen LogP) is 0.929. The highest BCUT2D eigenvalue weighted by molar-refractivity contribution is 7.94. The van der Waals surface area contributed by atoms with E-state index in [1.165, 1.54) is 6.08 Å². The Morgan fingerprint density at radius 2 is 1.64 bits per heavy atom. The minimum absolute atomic E-state index is 0.145. The topological polar surface area (TPSA) is 143 Å². The third kappa shape index (κ3) is 2.71. The Kier molecular flexibility index (Phi) is 3.75. The maximum Gasteiger partial charge on any atom is 0.294 e. The first-order valence-electron chi connectivity index (χ1n) is 6.94. The molecule has 1 aromatic carbocycles. The lowest BCUT2D eigenvalue weighted by Gasteiger charge is -2.31. The van der Waals surface area contributed by atoms with E-state index in [4.69, 9.17) is 4.55 Å². The lowest BCUT2D eigenvalue weighted by atomic mass is 9.71. The summed E-state index contributed by atoms with van der Waals surface area (Å²) in [6, 6.07) is 2.90. The third-order valence-corrected chi connectivity index (χ3v) is 6.16. The molecule has 0 bridgehead atoms. The Morgan fingerprint density at radius 1 is 1.00 bits per heavy atom. The first-order chi connectivity index (χ1) is 11.4. The highest BCUT2D eigenvalue weighted by Crippen LogP contribution is 2.40. The Balaban J connectivity index is 2.22. The summed E-state index contributed by atoms with van der Waals surface area (Å²) >= 11 is 0. The van der Waals surface area contributed by atoms with Crippen molar-refractivity contribution in [3.63, 3.8) is 0 Å². The van der Waals surface area contributed by atoms with Crippen molar-refractivity contribution in [2.45, 2.75) is 4.90 Å². The molecule has 2 aliphatic rings. The number of ketones is 2. The number of sulfone groups is 1. The second kappa shape index (κ2) is 5.35. The summed E-state index contributed by atoms with van der Waals surface area (Å²) in [7, 11) is -8.37. The van der Waals surface area contributed by atoms with Gasteiger partial charge in [-0.2, -0.15) is 8.42 Å². The highest BCUT2D eigenvalue weighted by atomic mass is 32.2. The van der Waals surface area contributed by atoms with Gasteiger partial charge in [-0.05, 0) is 24.3 Å². The van der Waals surface area contributed by atoms with E-state index in [0.717, 1.165) is 30.5 Å². The van der Waals surface area contributed by atoms with Crippen molar-refractivity contribution in [3.8, 4) is 0 Å². The van der Waals surface area contributed by atoms with Crippen molar-refractivity contribution in [1.29, 1.82) is 0 Å². The highest BCUT2D eigenvalue weighted by Gasteiger charge is 2.46. The van der Waals surface area contributed by atoms with Crippen molar-refractivity contribution in [1.82, 2.24) is 0 Å². The summed E-state index contributed by atoms with van der Waals surface area (Å²) in [6.45, 7) is 0. The van der Waals surface area contributed by atoms with Gasteiger partial charge in [0.1, 0.15) is 10.7 Å². The van der Waals surface area contributed by atoms with Crippen LogP contribution in [0, 0.1) is 11.8 Å². The molecule has 0 aromatic heterocycles. The van der Waals surface area contributed by atoms with Crippen molar-refractivity contribution >= 4 is 31.5 Å². The molecule has 132 valence electrons. The van der Waals surface area contributed by atoms with Gasteiger partial charge in [0.25, 0.3) is 10.1 Å². The number of fused-ring (bicyclic) bond motifs is 2. The van der Waals surface area contributed by atoms with Gasteiger partial charge in [-0.15, -0.1) is 0 Å². The molecule has 0 radical (unpaired) electrons. The number of hydrogen-bond acceptors (Lipinski definition) is 7. The number of hydrogen-bond donors (Lipinski definition) is 2. The summed E-state index contributed by atoms with van der Waals surface area (Å²) < 4.78 is 54.9. The van der Waals surface area contributed by atoms with Gasteiger partial charge < -0.3 is 5.11 Å². The Labute approximate surface area is 143 Å². The zero-order chi connectivity index (χ0) is 18.7. The van der Waals surface area contributed by atoms with Crippen LogP contribution in [-0.4, -0.2) is 44.3 Å². The lowest BCUT2D eigenvalue weighted by Crippen LogP contribution is -2.39. The average Bonchev–Trinajstić information content (AvgIpc) is 2.49. The normalized spacial score (nSPS) is 23.4. The van der Waals surface area contributed by atoms with Crippen molar-refractivity contribution in [2.75, 3.05) is 6.26 Å². The fourth-order valence-electron chi connectivity index (χ4n) is 3.00. The van der Waals surface area contributed by atoms with Crippen molar-refractivity contribution < 1.29 is 36.1 Å². The fourth-order valence-corrected chi connectivity index (χ4v) is 4.34. The number of aliphatic hydroxyl groups is 1. The SMILES string of the molecule is CS(=O)(=O)C1=C(O)C2C(=O)c3ccc(S(=O)(=O)O)cc3C(=O)C2C=C1. The summed E-state index contributed by atoms with van der Waals surface area (Å²) in [6.07, 6.45) is 3.11. The first-order valence-corrected chi connectivity index (χ1v) is 10.3. The summed E-state index contributed by atoms with van der Waals surface area (Å²) in [4.78, 5) is 24.3. The van der Waals surface area contributed by atoms with E-state index in [2.05, 4.69) is 0 Å². The van der Waals surface area contributed by atoms with Gasteiger partial charge in [-0.25, -0.2) is 8.42 Å². The van der Waals surface area contributed by atoms with Gasteiger partial charge in [0.15, 0.2) is 21.4 Å². The molecular formula is C15H12O8S2. The number of Topliss-reactive ketones (excluding diaryl/α,β-unsaturated/α-hetero) is 2. The number of rotatable bonds is 2. The maximum atomic E-state index is 12.7. The molecule has 1 aromatic rings. The van der Waals surface area contributed by atoms with Crippen LogP contribution in [0.3, 0.4) is 0 Å². The van der Waals surface area contributed by atoms with E-state index in [0.29, 0.717) is 0 Å². The van der Waals surface area contributed by atoms with Crippen LogP contribution >= 0.6 is 0 Å². The number of allylic oxidation sites excluding steroid dienone is 3. The molecule has 2 unspecified atom stereocenters. The van der Waals surface area contributed by atoms with Gasteiger partial charge in [0, 0.05) is 17.4 Å². The number of aliphatic hydroxyl groups excluding tert-OH is 1. The van der Waals surface area contributed by atoms with Crippen LogP contribution in [0.5, 0.6) is 0 Å². The molecule has 8 nitrogen and oxygen atoms in total.